The molecule has 3 aromatic heterocycles. The first-order chi connectivity index (χ1) is 22.5. The summed E-state index contributed by atoms with van der Waals surface area (Å²) in [6.07, 6.45) is 14.4. The number of fused-ring (bicyclic) bond motifs is 7. The molecule has 5 heterocycles. The number of aliphatic carboxylic acids is 1. The molecule has 0 spiro atoms. The van der Waals surface area contributed by atoms with Gasteiger partial charge in [-0.1, -0.05) is 40.0 Å². The van der Waals surface area contributed by atoms with Gasteiger partial charge in [-0.2, -0.15) is 0 Å². The average molecular weight is 639 g/mol. The van der Waals surface area contributed by atoms with E-state index in [4.69, 9.17) is 4.74 Å². The van der Waals surface area contributed by atoms with Crippen LogP contribution in [-0.4, -0.2) is 37.7 Å². The number of allylic oxidation sites excluding steroid dienone is 4. The summed E-state index contributed by atoms with van der Waals surface area (Å²) in [6, 6.07) is 0. The number of unbranched alkanes of at least 4 members (excludes halogenated alkanes) is 3. The molecule has 2 aliphatic heterocycles. The van der Waals surface area contributed by atoms with Crippen molar-refractivity contribution in [3.8, 4) is 0 Å². The topological polar surface area (TPSA) is 126 Å². The highest BCUT2D eigenvalue weighted by atomic mass is 16.5. The standard InChI is InChI=1S/C39H50N4O4/c1-8-10-11-12-15-47-24(7)36-22(5)30-17-29-21(4)26(13-14-35(45)46)38(42-29)27-16-34(44)37-23(6)31(43-39(27)37)18-32-25(9-2)20(3)28(40-32)19-33(36)41-30/h16-19,21,24,26,40-44H,8-15H2,1-7H3,(H,45,46)/t21-,24?,26-/m0/s1. The van der Waals surface area contributed by atoms with Crippen molar-refractivity contribution in [3.63, 3.8) is 0 Å². The molecular weight excluding hydrogens is 588 g/mol. The molecule has 47 heavy (non-hydrogen) atoms. The minimum atomic E-state index is -0.809. The zero-order valence-corrected chi connectivity index (χ0v) is 28.9. The third kappa shape index (κ3) is 5.93. The maximum absolute atomic E-state index is 11.7. The smallest absolute Gasteiger partial charge is 0.303 e. The van der Waals surface area contributed by atoms with Crippen LogP contribution in [0.2, 0.25) is 0 Å². The molecule has 0 radical (unpaired) electrons. The highest BCUT2D eigenvalue weighted by Gasteiger charge is 2.38. The lowest BCUT2D eigenvalue weighted by atomic mass is 9.87. The number of hydrogen-bond acceptors (Lipinski definition) is 4. The summed E-state index contributed by atoms with van der Waals surface area (Å²) in [4.78, 5) is 22.9. The van der Waals surface area contributed by atoms with Crippen molar-refractivity contribution in [1.29, 1.82) is 0 Å². The molecule has 3 aromatic rings. The van der Waals surface area contributed by atoms with Gasteiger partial charge < -0.3 is 35.2 Å². The zero-order chi connectivity index (χ0) is 33.6. The number of aromatic nitrogens is 3. The molecule has 0 aromatic carbocycles. The van der Waals surface area contributed by atoms with Gasteiger partial charge in [-0.15, -0.1) is 0 Å². The van der Waals surface area contributed by atoms with Gasteiger partial charge in [0, 0.05) is 80.7 Å². The first-order valence-corrected chi connectivity index (χ1v) is 17.4. The molecule has 6 rings (SSSR count). The van der Waals surface area contributed by atoms with Crippen molar-refractivity contribution in [1.82, 2.24) is 20.3 Å². The average Bonchev–Trinajstić information content (AvgIpc) is 3.78. The van der Waals surface area contributed by atoms with Crippen molar-refractivity contribution in [2.24, 2.45) is 11.8 Å². The van der Waals surface area contributed by atoms with Gasteiger partial charge in [-0.3, -0.25) is 4.79 Å². The summed E-state index contributed by atoms with van der Waals surface area (Å²) in [5, 5.41) is 26.7. The predicted molar refractivity (Wildman–Crippen MR) is 189 cm³/mol. The molecule has 8 bridgehead atoms. The highest BCUT2D eigenvalue weighted by molar-refractivity contribution is 5.96. The van der Waals surface area contributed by atoms with E-state index in [1.54, 1.807) is 0 Å². The molecule has 6 N–H and O–H groups in total. The van der Waals surface area contributed by atoms with E-state index >= 15 is 0 Å². The quantitative estimate of drug-likeness (QED) is 0.124. The van der Waals surface area contributed by atoms with Crippen LogP contribution in [0.4, 0.5) is 0 Å². The number of carboxylic acids is 1. The molecule has 0 amide bonds. The van der Waals surface area contributed by atoms with Crippen LogP contribution in [0, 0.1) is 32.6 Å². The van der Waals surface area contributed by atoms with E-state index in [-0.39, 0.29) is 30.1 Å². The molecule has 250 valence electrons. The van der Waals surface area contributed by atoms with E-state index < -0.39 is 5.97 Å². The van der Waals surface area contributed by atoms with E-state index in [0.29, 0.717) is 6.42 Å². The van der Waals surface area contributed by atoms with Crippen LogP contribution in [0.15, 0.2) is 17.5 Å². The van der Waals surface area contributed by atoms with Crippen LogP contribution in [0.5, 0.6) is 0 Å². The number of nitrogens with one attached hydrogen (secondary N) is 4. The van der Waals surface area contributed by atoms with E-state index in [2.05, 4.69) is 80.0 Å². The fourth-order valence-corrected chi connectivity index (χ4v) is 7.86. The molecular formula is C39H50N4O4. The Hall–Kier alpha value is -4.17. The Bertz CT molecular complexity index is 1930. The second-order valence-corrected chi connectivity index (χ2v) is 13.6. The minimum absolute atomic E-state index is 0.0416. The Morgan fingerprint density at radius 2 is 1.66 bits per heavy atom. The third-order valence-corrected chi connectivity index (χ3v) is 10.6. The van der Waals surface area contributed by atoms with Gasteiger partial charge >= 0.3 is 5.97 Å². The number of hydrogen-bond donors (Lipinski definition) is 6. The molecule has 1 fully saturated rings. The van der Waals surface area contributed by atoms with Gasteiger partial charge in [0.15, 0.2) is 0 Å². The van der Waals surface area contributed by atoms with Crippen LogP contribution in [0.3, 0.4) is 0 Å². The molecule has 0 saturated carbocycles. The van der Waals surface area contributed by atoms with Crippen molar-refractivity contribution in [2.45, 2.75) is 99.5 Å². The lowest BCUT2D eigenvalue weighted by Gasteiger charge is -2.16. The van der Waals surface area contributed by atoms with E-state index in [1.807, 2.05) is 13.0 Å². The summed E-state index contributed by atoms with van der Waals surface area (Å²) >= 11 is 0. The van der Waals surface area contributed by atoms with Gasteiger partial charge in [-0.25, -0.2) is 0 Å². The number of aliphatic hydroxyl groups is 1. The second-order valence-electron chi connectivity index (χ2n) is 13.6. The van der Waals surface area contributed by atoms with Crippen molar-refractivity contribution >= 4 is 35.5 Å². The first-order valence-electron chi connectivity index (χ1n) is 17.4. The Labute approximate surface area is 277 Å². The fourth-order valence-electron chi connectivity index (χ4n) is 7.86. The molecule has 1 aliphatic carbocycles. The largest absolute Gasteiger partial charge is 0.507 e. The van der Waals surface area contributed by atoms with Crippen LogP contribution < -0.4 is 16.0 Å². The SMILES string of the molecule is CCCCCCOC(C)c1c2[nH]c(c1C)C=C1NC(=C3C=C(O)c4c3[nH]c(c4C)C=c3[nH]c(c(C)c3CC)=C2)[C@@H](CCC(=O)O)[C@@H]1C. The summed E-state index contributed by atoms with van der Waals surface area (Å²) in [5.41, 5.74) is 13.2. The van der Waals surface area contributed by atoms with E-state index in [1.165, 1.54) is 30.4 Å². The maximum atomic E-state index is 11.7. The lowest BCUT2D eigenvalue weighted by molar-refractivity contribution is -0.137. The molecule has 8 heteroatoms. The second kappa shape index (κ2) is 13.1. The van der Waals surface area contributed by atoms with Crippen molar-refractivity contribution < 1.29 is 19.7 Å². The molecule has 3 aliphatic rings. The molecule has 1 saturated heterocycles. The molecule has 3 atom stereocenters. The zero-order valence-electron chi connectivity index (χ0n) is 28.9. The Morgan fingerprint density at radius 1 is 0.915 bits per heavy atom. The normalized spacial score (nSPS) is 18.9. The minimum Gasteiger partial charge on any atom is -0.507 e. The number of carbonyl (C=O) groups is 1. The lowest BCUT2D eigenvalue weighted by Crippen LogP contribution is -2.13. The van der Waals surface area contributed by atoms with E-state index in [0.717, 1.165) is 92.1 Å². The summed E-state index contributed by atoms with van der Waals surface area (Å²) in [5.74, 6) is -0.595. The fraction of sp³-hybridized carbons (Fsp3) is 0.462. The number of rotatable bonds is 11. The summed E-state index contributed by atoms with van der Waals surface area (Å²) < 4.78 is 6.45. The Kier molecular flexibility index (Phi) is 9.16. The molecule has 8 nitrogen and oxygen atoms in total. The van der Waals surface area contributed by atoms with Crippen molar-refractivity contribution in [2.75, 3.05) is 6.61 Å². The molecule has 1 unspecified atom stereocenters. The Morgan fingerprint density at radius 3 is 2.38 bits per heavy atom. The van der Waals surface area contributed by atoms with Crippen LogP contribution >= 0.6 is 0 Å². The Balaban J connectivity index is 1.58. The first kappa shape index (κ1) is 32.8. The van der Waals surface area contributed by atoms with Crippen LogP contribution in [-0.2, 0) is 16.0 Å². The van der Waals surface area contributed by atoms with Gasteiger partial charge in [0.1, 0.15) is 5.76 Å². The van der Waals surface area contributed by atoms with Gasteiger partial charge in [0.05, 0.1) is 11.8 Å². The monoisotopic (exact) mass is 638 g/mol. The van der Waals surface area contributed by atoms with Crippen LogP contribution in [0.25, 0.3) is 29.6 Å². The van der Waals surface area contributed by atoms with Crippen molar-refractivity contribution in [3.05, 3.63) is 84.3 Å². The van der Waals surface area contributed by atoms with Gasteiger partial charge in [0.2, 0.25) is 0 Å². The summed E-state index contributed by atoms with van der Waals surface area (Å²) in [6.45, 7) is 15.8. The van der Waals surface area contributed by atoms with Gasteiger partial charge in [0.25, 0.3) is 0 Å². The number of aliphatic hydroxyl groups excluding tert-OH is 1. The number of carboxylic acid groups (broad SMARTS) is 1. The predicted octanol–water partition coefficient (Wildman–Crippen LogP) is 7.17. The number of H-pyrrole nitrogens is 3. The maximum Gasteiger partial charge on any atom is 0.303 e. The van der Waals surface area contributed by atoms with Gasteiger partial charge in [-0.05, 0) is 93.5 Å². The summed E-state index contributed by atoms with van der Waals surface area (Å²) in [7, 11) is 0. The van der Waals surface area contributed by atoms with Crippen LogP contribution in [0.1, 0.15) is 128 Å². The highest BCUT2D eigenvalue weighted by Crippen LogP contribution is 2.46. The number of ether oxygens (including phenoxy) is 1. The van der Waals surface area contributed by atoms with E-state index in [9.17, 15) is 15.0 Å². The third-order valence-electron chi connectivity index (χ3n) is 10.6. The number of aromatic amines is 3.